The minimum absolute atomic E-state index is 0.670. The average molecular weight is 213 g/mol. The number of ether oxygens (including phenoxy) is 2. The second kappa shape index (κ2) is 5.78. The van der Waals surface area contributed by atoms with Crippen LogP contribution in [-0.4, -0.2) is 26.6 Å². The molecule has 0 atom stereocenters. The van der Waals surface area contributed by atoms with Gasteiger partial charge in [-0.1, -0.05) is 0 Å². The first-order chi connectivity index (χ1) is 6.77. The van der Waals surface area contributed by atoms with E-state index in [-0.39, 0.29) is 0 Å². The number of hydrogen-bond acceptors (Lipinski definition) is 4. The van der Waals surface area contributed by atoms with Gasteiger partial charge in [0.25, 0.3) is 0 Å². The number of thioether (sulfide) groups is 1. The van der Waals surface area contributed by atoms with Crippen LogP contribution in [0.15, 0.2) is 23.1 Å². The van der Waals surface area contributed by atoms with E-state index in [9.17, 15) is 0 Å². The number of nitrogen functional groups attached to an aromatic ring is 1. The molecule has 0 amide bonds. The lowest BCUT2D eigenvalue weighted by atomic mass is 10.3. The summed E-state index contributed by atoms with van der Waals surface area (Å²) in [6.45, 7) is 0.747. The lowest BCUT2D eigenvalue weighted by molar-refractivity contribution is 0.218. The van der Waals surface area contributed by atoms with Crippen LogP contribution in [0.1, 0.15) is 0 Å². The fourth-order valence-corrected chi connectivity index (χ4v) is 1.86. The van der Waals surface area contributed by atoms with Crippen LogP contribution in [0.2, 0.25) is 0 Å². The third kappa shape index (κ3) is 3.12. The quantitative estimate of drug-likeness (QED) is 0.461. The summed E-state index contributed by atoms with van der Waals surface area (Å²) in [5, 5.41) is 0. The minimum Gasteiger partial charge on any atom is -0.495 e. The molecule has 4 heteroatoms. The molecule has 0 saturated heterocycles. The van der Waals surface area contributed by atoms with Crippen LogP contribution < -0.4 is 10.5 Å². The average Bonchev–Trinajstić information content (AvgIpc) is 2.21. The fraction of sp³-hybridized carbons (Fsp3) is 0.400. The lowest BCUT2D eigenvalue weighted by Crippen LogP contribution is -1.94. The molecule has 78 valence electrons. The molecule has 1 rings (SSSR count). The van der Waals surface area contributed by atoms with E-state index in [0.29, 0.717) is 5.69 Å². The molecule has 0 spiro atoms. The van der Waals surface area contributed by atoms with Crippen LogP contribution in [0.4, 0.5) is 5.69 Å². The van der Waals surface area contributed by atoms with Gasteiger partial charge in [0.1, 0.15) is 5.75 Å². The van der Waals surface area contributed by atoms with Crippen molar-refractivity contribution in [2.24, 2.45) is 0 Å². The molecule has 0 heterocycles. The maximum absolute atomic E-state index is 5.70. The van der Waals surface area contributed by atoms with Gasteiger partial charge in [-0.3, -0.25) is 0 Å². The Balaban J connectivity index is 2.60. The Morgan fingerprint density at radius 3 is 2.79 bits per heavy atom. The van der Waals surface area contributed by atoms with Crippen molar-refractivity contribution in [2.75, 3.05) is 32.3 Å². The van der Waals surface area contributed by atoms with Gasteiger partial charge in [0.05, 0.1) is 19.4 Å². The molecule has 0 saturated carbocycles. The standard InChI is InChI=1S/C10H15NO2S/c1-12-5-6-14-8-3-4-9(11)10(7-8)13-2/h3-4,7H,5-6,11H2,1-2H3. The second-order valence-electron chi connectivity index (χ2n) is 2.75. The van der Waals surface area contributed by atoms with Crippen molar-refractivity contribution < 1.29 is 9.47 Å². The summed E-state index contributed by atoms with van der Waals surface area (Å²) in [7, 11) is 3.32. The summed E-state index contributed by atoms with van der Waals surface area (Å²) >= 11 is 1.72. The summed E-state index contributed by atoms with van der Waals surface area (Å²) in [6.07, 6.45) is 0. The first-order valence-electron chi connectivity index (χ1n) is 4.33. The zero-order valence-corrected chi connectivity index (χ0v) is 9.26. The Bertz CT molecular complexity index is 291. The van der Waals surface area contributed by atoms with Gasteiger partial charge in [-0.2, -0.15) is 0 Å². The topological polar surface area (TPSA) is 44.5 Å². The van der Waals surface area contributed by atoms with Crippen LogP contribution >= 0.6 is 11.8 Å². The van der Waals surface area contributed by atoms with Crippen LogP contribution in [0.25, 0.3) is 0 Å². The first-order valence-corrected chi connectivity index (χ1v) is 5.31. The molecule has 0 aromatic heterocycles. The summed E-state index contributed by atoms with van der Waals surface area (Å²) < 4.78 is 10.1. The molecule has 0 aliphatic rings. The number of rotatable bonds is 5. The Kier molecular flexibility index (Phi) is 4.62. The van der Waals surface area contributed by atoms with E-state index in [1.165, 1.54) is 0 Å². The largest absolute Gasteiger partial charge is 0.495 e. The van der Waals surface area contributed by atoms with E-state index in [1.54, 1.807) is 26.0 Å². The van der Waals surface area contributed by atoms with Gasteiger partial charge in [-0.05, 0) is 18.2 Å². The molecule has 0 fully saturated rings. The van der Waals surface area contributed by atoms with Gasteiger partial charge in [-0.15, -0.1) is 11.8 Å². The lowest BCUT2D eigenvalue weighted by Gasteiger charge is -2.06. The zero-order valence-electron chi connectivity index (χ0n) is 8.45. The zero-order chi connectivity index (χ0) is 10.4. The number of hydrogen-bond donors (Lipinski definition) is 1. The number of anilines is 1. The van der Waals surface area contributed by atoms with Crippen molar-refractivity contribution in [3.05, 3.63) is 18.2 Å². The molecule has 3 nitrogen and oxygen atoms in total. The normalized spacial score (nSPS) is 10.1. The molecule has 1 aromatic carbocycles. The van der Waals surface area contributed by atoms with E-state index in [0.717, 1.165) is 23.0 Å². The predicted molar refractivity (Wildman–Crippen MR) is 60.0 cm³/mol. The van der Waals surface area contributed by atoms with Gasteiger partial charge in [0.15, 0.2) is 0 Å². The number of benzene rings is 1. The molecule has 2 N–H and O–H groups in total. The Labute approximate surface area is 88.6 Å². The molecule has 0 aliphatic heterocycles. The van der Waals surface area contributed by atoms with E-state index in [4.69, 9.17) is 15.2 Å². The summed E-state index contributed by atoms with van der Waals surface area (Å²) in [6, 6.07) is 5.78. The third-order valence-electron chi connectivity index (χ3n) is 1.76. The third-order valence-corrected chi connectivity index (χ3v) is 2.72. The van der Waals surface area contributed by atoms with Gasteiger partial charge < -0.3 is 15.2 Å². The SMILES string of the molecule is COCCSc1ccc(N)c(OC)c1. The van der Waals surface area contributed by atoms with Gasteiger partial charge in [0, 0.05) is 17.8 Å². The van der Waals surface area contributed by atoms with Crippen molar-refractivity contribution in [2.45, 2.75) is 4.90 Å². The maximum Gasteiger partial charge on any atom is 0.142 e. The van der Waals surface area contributed by atoms with Crippen molar-refractivity contribution in [1.82, 2.24) is 0 Å². The molecule has 0 radical (unpaired) electrons. The summed E-state index contributed by atoms with van der Waals surface area (Å²) in [4.78, 5) is 1.15. The van der Waals surface area contributed by atoms with E-state index in [1.807, 2.05) is 18.2 Å². The van der Waals surface area contributed by atoms with Crippen molar-refractivity contribution >= 4 is 17.4 Å². The first kappa shape index (κ1) is 11.2. The van der Waals surface area contributed by atoms with Crippen LogP contribution in [-0.2, 0) is 4.74 Å². The minimum atomic E-state index is 0.670. The van der Waals surface area contributed by atoms with Crippen molar-refractivity contribution in [3.8, 4) is 5.75 Å². The molecule has 0 bridgehead atoms. The summed E-state index contributed by atoms with van der Waals surface area (Å²) in [5.41, 5.74) is 6.37. The maximum atomic E-state index is 5.70. The number of nitrogens with two attached hydrogens (primary N) is 1. The fourth-order valence-electron chi connectivity index (χ4n) is 1.02. The molecule has 1 aromatic rings. The Hall–Kier alpha value is -0.870. The Morgan fingerprint density at radius 2 is 2.14 bits per heavy atom. The Morgan fingerprint density at radius 1 is 1.36 bits per heavy atom. The summed E-state index contributed by atoms with van der Waals surface area (Å²) in [5.74, 6) is 1.66. The highest BCUT2D eigenvalue weighted by atomic mass is 32.2. The number of methoxy groups -OCH3 is 2. The molecular weight excluding hydrogens is 198 g/mol. The smallest absolute Gasteiger partial charge is 0.142 e. The van der Waals surface area contributed by atoms with E-state index >= 15 is 0 Å². The highest BCUT2D eigenvalue weighted by Gasteiger charge is 2.00. The second-order valence-corrected chi connectivity index (χ2v) is 3.91. The molecular formula is C10H15NO2S. The van der Waals surface area contributed by atoms with Crippen molar-refractivity contribution in [1.29, 1.82) is 0 Å². The predicted octanol–water partition coefficient (Wildman–Crippen LogP) is 2.02. The van der Waals surface area contributed by atoms with Gasteiger partial charge in [-0.25, -0.2) is 0 Å². The van der Waals surface area contributed by atoms with Crippen LogP contribution in [0.3, 0.4) is 0 Å². The molecule has 0 aliphatic carbocycles. The van der Waals surface area contributed by atoms with Crippen LogP contribution in [0, 0.1) is 0 Å². The van der Waals surface area contributed by atoms with E-state index in [2.05, 4.69) is 0 Å². The molecule has 14 heavy (non-hydrogen) atoms. The van der Waals surface area contributed by atoms with Crippen molar-refractivity contribution in [3.63, 3.8) is 0 Å². The monoisotopic (exact) mass is 213 g/mol. The highest BCUT2D eigenvalue weighted by Crippen LogP contribution is 2.27. The highest BCUT2D eigenvalue weighted by molar-refractivity contribution is 7.99. The van der Waals surface area contributed by atoms with Gasteiger partial charge >= 0.3 is 0 Å². The van der Waals surface area contributed by atoms with Crippen LogP contribution in [0.5, 0.6) is 5.75 Å². The van der Waals surface area contributed by atoms with E-state index < -0.39 is 0 Å². The van der Waals surface area contributed by atoms with Gasteiger partial charge in [0.2, 0.25) is 0 Å². The molecule has 0 unspecified atom stereocenters.